The van der Waals surface area contributed by atoms with Crippen LogP contribution in [0.1, 0.15) is 41.7 Å². The van der Waals surface area contributed by atoms with E-state index in [0.717, 1.165) is 13.1 Å². The lowest BCUT2D eigenvalue weighted by molar-refractivity contribution is 0.468. The molecule has 2 heteroatoms. The van der Waals surface area contributed by atoms with Crippen molar-refractivity contribution < 1.29 is 0 Å². The van der Waals surface area contributed by atoms with Crippen LogP contribution in [-0.4, -0.2) is 19.6 Å². The fourth-order valence-corrected chi connectivity index (χ4v) is 2.82. The molecule has 0 saturated carbocycles. The summed E-state index contributed by atoms with van der Waals surface area (Å²) in [4.78, 5) is 0. The lowest BCUT2D eigenvalue weighted by Crippen LogP contribution is -2.36. The fourth-order valence-electron chi connectivity index (χ4n) is 2.82. The zero-order chi connectivity index (χ0) is 13.9. The van der Waals surface area contributed by atoms with Gasteiger partial charge in [0.2, 0.25) is 0 Å². The first-order chi connectivity index (χ1) is 8.31. The zero-order valence-corrected chi connectivity index (χ0v) is 12.8. The zero-order valence-electron chi connectivity index (χ0n) is 12.8. The number of hydrogen-bond donors (Lipinski definition) is 2. The molecule has 0 radical (unpaired) electrons. The van der Waals surface area contributed by atoms with Gasteiger partial charge in [-0.3, -0.25) is 0 Å². The molecule has 0 heterocycles. The van der Waals surface area contributed by atoms with Crippen LogP contribution in [0.5, 0.6) is 0 Å². The molecule has 0 aliphatic heterocycles. The van der Waals surface area contributed by atoms with Crippen molar-refractivity contribution in [2.45, 2.75) is 47.0 Å². The Kier molecular flexibility index (Phi) is 4.94. The second-order valence-electron chi connectivity index (χ2n) is 5.98. The molecule has 0 spiro atoms. The second kappa shape index (κ2) is 5.85. The summed E-state index contributed by atoms with van der Waals surface area (Å²) in [5.41, 5.74) is 12.8. The van der Waals surface area contributed by atoms with E-state index in [1.54, 1.807) is 0 Å². The average Bonchev–Trinajstić information content (AvgIpc) is 2.26. The lowest BCUT2D eigenvalue weighted by atomic mass is 9.77. The van der Waals surface area contributed by atoms with Gasteiger partial charge >= 0.3 is 0 Å². The Morgan fingerprint density at radius 2 is 1.56 bits per heavy atom. The van der Waals surface area contributed by atoms with Gasteiger partial charge in [0.15, 0.2) is 0 Å². The quantitative estimate of drug-likeness (QED) is 0.786. The maximum Gasteiger partial charge on any atom is 0.00748 e. The summed E-state index contributed by atoms with van der Waals surface area (Å²) < 4.78 is 0. The van der Waals surface area contributed by atoms with Crippen molar-refractivity contribution in [1.82, 2.24) is 5.32 Å². The largest absolute Gasteiger partial charge is 0.329 e. The first-order valence-corrected chi connectivity index (χ1v) is 6.80. The van der Waals surface area contributed by atoms with E-state index in [1.165, 1.54) is 27.8 Å². The van der Waals surface area contributed by atoms with Gasteiger partial charge in [-0.2, -0.15) is 0 Å². The molecule has 102 valence electrons. The van der Waals surface area contributed by atoms with Crippen LogP contribution in [-0.2, 0) is 5.41 Å². The van der Waals surface area contributed by atoms with Gasteiger partial charge < -0.3 is 11.1 Å². The van der Waals surface area contributed by atoms with Gasteiger partial charge in [-0.05, 0) is 55.5 Å². The number of nitrogens with one attached hydrogen (secondary N) is 1. The van der Waals surface area contributed by atoms with Crippen LogP contribution in [0.15, 0.2) is 6.07 Å². The first-order valence-electron chi connectivity index (χ1n) is 6.80. The third kappa shape index (κ3) is 3.12. The Hall–Kier alpha value is -0.860. The molecule has 0 aliphatic rings. The number of benzene rings is 1. The summed E-state index contributed by atoms with van der Waals surface area (Å²) in [6, 6.07) is 2.29. The highest BCUT2D eigenvalue weighted by Crippen LogP contribution is 2.32. The van der Waals surface area contributed by atoms with Crippen molar-refractivity contribution >= 4 is 0 Å². The number of nitrogens with two attached hydrogens (primary N) is 1. The van der Waals surface area contributed by atoms with E-state index in [-0.39, 0.29) is 5.41 Å². The van der Waals surface area contributed by atoms with Gasteiger partial charge in [-0.1, -0.05) is 19.9 Å². The molecule has 18 heavy (non-hydrogen) atoms. The summed E-state index contributed by atoms with van der Waals surface area (Å²) in [6.45, 7) is 16.0. The van der Waals surface area contributed by atoms with Crippen LogP contribution in [0.2, 0.25) is 0 Å². The molecule has 0 amide bonds. The highest BCUT2D eigenvalue weighted by atomic mass is 14.9. The van der Waals surface area contributed by atoms with E-state index < -0.39 is 0 Å². The van der Waals surface area contributed by atoms with Gasteiger partial charge in [0.1, 0.15) is 0 Å². The molecule has 3 N–H and O–H groups in total. The van der Waals surface area contributed by atoms with Crippen molar-refractivity contribution in [3.05, 3.63) is 33.9 Å². The molecule has 0 fully saturated rings. The highest BCUT2D eigenvalue weighted by molar-refractivity contribution is 5.47. The lowest BCUT2D eigenvalue weighted by Gasteiger charge is -2.31. The summed E-state index contributed by atoms with van der Waals surface area (Å²) in [6.07, 6.45) is 0. The van der Waals surface area contributed by atoms with Crippen LogP contribution in [0.4, 0.5) is 0 Å². The standard InChI is InChI=1S/C16H28N2/c1-11-9-12(2)14(4)15(13(11)3)16(5,6)10-18-8-7-17/h9,18H,7-8,10,17H2,1-6H3. The smallest absolute Gasteiger partial charge is 0.00748 e. The SMILES string of the molecule is Cc1cc(C)c(C)c(C(C)(C)CNCCN)c1C. The summed E-state index contributed by atoms with van der Waals surface area (Å²) in [5, 5.41) is 3.44. The number of rotatable bonds is 5. The number of aryl methyl sites for hydroxylation is 2. The van der Waals surface area contributed by atoms with Gasteiger partial charge in [0.25, 0.3) is 0 Å². The molecule has 2 nitrogen and oxygen atoms in total. The molecule has 0 aromatic heterocycles. The topological polar surface area (TPSA) is 38.0 Å². The Morgan fingerprint density at radius 3 is 2.00 bits per heavy atom. The minimum absolute atomic E-state index is 0.139. The first kappa shape index (κ1) is 15.2. The van der Waals surface area contributed by atoms with E-state index in [0.29, 0.717) is 6.54 Å². The Morgan fingerprint density at radius 1 is 1.06 bits per heavy atom. The van der Waals surface area contributed by atoms with Gasteiger partial charge in [-0.15, -0.1) is 0 Å². The normalized spacial score (nSPS) is 11.9. The summed E-state index contributed by atoms with van der Waals surface area (Å²) in [5.74, 6) is 0. The van der Waals surface area contributed by atoms with E-state index >= 15 is 0 Å². The molecule has 1 rings (SSSR count). The van der Waals surface area contributed by atoms with E-state index in [2.05, 4.69) is 52.9 Å². The van der Waals surface area contributed by atoms with Crippen molar-refractivity contribution in [3.63, 3.8) is 0 Å². The molecular formula is C16H28N2. The third-order valence-corrected chi connectivity index (χ3v) is 3.93. The molecule has 0 atom stereocenters. The predicted molar refractivity (Wildman–Crippen MR) is 80.3 cm³/mol. The van der Waals surface area contributed by atoms with Crippen LogP contribution in [0.3, 0.4) is 0 Å². The molecule has 1 aromatic carbocycles. The third-order valence-electron chi connectivity index (χ3n) is 3.93. The number of hydrogen-bond acceptors (Lipinski definition) is 2. The molecule has 0 aliphatic carbocycles. The van der Waals surface area contributed by atoms with Crippen molar-refractivity contribution in [3.8, 4) is 0 Å². The van der Waals surface area contributed by atoms with Crippen molar-refractivity contribution in [2.24, 2.45) is 5.73 Å². The van der Waals surface area contributed by atoms with Crippen molar-refractivity contribution in [2.75, 3.05) is 19.6 Å². The van der Waals surface area contributed by atoms with Gasteiger partial charge in [0.05, 0.1) is 0 Å². The van der Waals surface area contributed by atoms with E-state index in [1.807, 2.05) is 0 Å². The summed E-state index contributed by atoms with van der Waals surface area (Å²) >= 11 is 0. The molecule has 0 unspecified atom stereocenters. The Bertz CT molecular complexity index is 393. The van der Waals surface area contributed by atoms with E-state index in [9.17, 15) is 0 Å². The van der Waals surface area contributed by atoms with Gasteiger partial charge in [-0.25, -0.2) is 0 Å². The predicted octanol–water partition coefficient (Wildman–Crippen LogP) is 2.75. The second-order valence-corrected chi connectivity index (χ2v) is 5.98. The maximum atomic E-state index is 5.54. The Balaban J connectivity index is 3.14. The highest BCUT2D eigenvalue weighted by Gasteiger charge is 2.25. The fraction of sp³-hybridized carbons (Fsp3) is 0.625. The minimum Gasteiger partial charge on any atom is -0.329 e. The molecular weight excluding hydrogens is 220 g/mol. The molecule has 1 aromatic rings. The maximum absolute atomic E-state index is 5.54. The minimum atomic E-state index is 0.139. The van der Waals surface area contributed by atoms with Crippen molar-refractivity contribution in [1.29, 1.82) is 0 Å². The summed E-state index contributed by atoms with van der Waals surface area (Å²) in [7, 11) is 0. The van der Waals surface area contributed by atoms with E-state index in [4.69, 9.17) is 5.73 Å². The van der Waals surface area contributed by atoms with Crippen LogP contribution in [0, 0.1) is 27.7 Å². The van der Waals surface area contributed by atoms with Crippen LogP contribution < -0.4 is 11.1 Å². The monoisotopic (exact) mass is 248 g/mol. The average molecular weight is 248 g/mol. The van der Waals surface area contributed by atoms with Crippen LogP contribution in [0.25, 0.3) is 0 Å². The Labute approximate surface area is 112 Å². The molecule has 0 bridgehead atoms. The van der Waals surface area contributed by atoms with Crippen LogP contribution >= 0.6 is 0 Å². The van der Waals surface area contributed by atoms with Gasteiger partial charge in [0, 0.05) is 25.0 Å². The molecule has 0 saturated heterocycles.